The molecule has 186 valence electrons. The number of aliphatic hydroxyl groups is 1. The van der Waals surface area contributed by atoms with E-state index in [4.69, 9.17) is 9.47 Å². The molecule has 34 heavy (non-hydrogen) atoms. The molecule has 0 bridgehead atoms. The first-order valence-electron chi connectivity index (χ1n) is 12.2. The van der Waals surface area contributed by atoms with E-state index < -0.39 is 5.60 Å². The Kier molecular flexibility index (Phi) is 8.55. The molecule has 2 saturated heterocycles. The lowest BCUT2D eigenvalue weighted by atomic mass is 9.92. The minimum atomic E-state index is -0.788. The lowest BCUT2D eigenvalue weighted by molar-refractivity contribution is 0.0258. The molecule has 2 aliphatic heterocycles. The number of benzene rings is 1. The number of β-amino-alcohol motifs (C(OH)–C–C–N with tert-alkyl or cyclic N) is 1. The van der Waals surface area contributed by atoms with Gasteiger partial charge in [0.2, 0.25) is 0 Å². The number of aromatic nitrogens is 2. The van der Waals surface area contributed by atoms with Gasteiger partial charge in [-0.1, -0.05) is 12.1 Å². The van der Waals surface area contributed by atoms with Gasteiger partial charge in [-0.3, -0.25) is 4.90 Å². The number of anilines is 2. The maximum absolute atomic E-state index is 11.2. The number of hydrogen-bond acceptors (Lipinski definition) is 9. The molecule has 2 aromatic rings. The molecule has 0 spiro atoms. The van der Waals surface area contributed by atoms with Crippen molar-refractivity contribution in [1.82, 2.24) is 20.2 Å². The minimum Gasteiger partial charge on any atom is -0.492 e. The highest BCUT2D eigenvalue weighted by molar-refractivity contribution is 5.49. The van der Waals surface area contributed by atoms with E-state index >= 15 is 0 Å². The minimum absolute atomic E-state index is 0.535. The quantitative estimate of drug-likeness (QED) is 0.535. The van der Waals surface area contributed by atoms with Gasteiger partial charge in [0.05, 0.1) is 18.8 Å². The highest BCUT2D eigenvalue weighted by Gasteiger charge is 2.33. The third kappa shape index (κ3) is 7.02. The van der Waals surface area contributed by atoms with Gasteiger partial charge >= 0.3 is 0 Å². The molecule has 1 atom stereocenters. The average molecular weight is 471 g/mol. The molecular weight excluding hydrogens is 432 g/mol. The summed E-state index contributed by atoms with van der Waals surface area (Å²) in [6.07, 6.45) is 3.29. The van der Waals surface area contributed by atoms with Crippen LogP contribution in [0.25, 0.3) is 0 Å². The molecule has 0 unspecified atom stereocenters. The van der Waals surface area contributed by atoms with Crippen LogP contribution in [0.3, 0.4) is 0 Å². The Balaban J connectivity index is 1.21. The zero-order chi connectivity index (χ0) is 23.8. The van der Waals surface area contributed by atoms with Crippen LogP contribution in [0.15, 0.2) is 36.7 Å². The third-order valence-corrected chi connectivity index (χ3v) is 6.46. The SMILES string of the molecule is CN(C)c1cc(N2CCC[C@@](O)(CNCc3ccc(OCCN4CCOCC4)cc3)C2)ncn1. The van der Waals surface area contributed by atoms with E-state index in [1.807, 2.05) is 37.2 Å². The number of rotatable bonds is 10. The van der Waals surface area contributed by atoms with Crippen LogP contribution in [0.4, 0.5) is 11.6 Å². The molecule has 0 amide bonds. The standard InChI is InChI=1S/C25H38N6O3/c1-29(2)23-16-24(28-20-27-23)31-9-3-8-25(32,19-31)18-26-17-21-4-6-22(7-5-21)34-15-12-30-10-13-33-14-11-30/h4-7,16,20,26,32H,3,8-15,17-19H2,1-2H3/t25-/m1/s1. The van der Waals surface area contributed by atoms with Crippen molar-refractivity contribution in [3.05, 3.63) is 42.2 Å². The molecule has 0 radical (unpaired) electrons. The molecule has 3 heterocycles. The van der Waals surface area contributed by atoms with Crippen molar-refractivity contribution in [2.24, 2.45) is 0 Å². The largest absolute Gasteiger partial charge is 0.492 e. The van der Waals surface area contributed by atoms with E-state index in [-0.39, 0.29) is 0 Å². The molecule has 2 aliphatic rings. The van der Waals surface area contributed by atoms with E-state index in [1.165, 1.54) is 5.56 Å². The summed E-state index contributed by atoms with van der Waals surface area (Å²) < 4.78 is 11.3. The van der Waals surface area contributed by atoms with E-state index in [0.29, 0.717) is 26.2 Å². The first-order chi connectivity index (χ1) is 16.5. The van der Waals surface area contributed by atoms with Crippen LogP contribution in [-0.4, -0.2) is 98.8 Å². The lowest BCUT2D eigenvalue weighted by Gasteiger charge is -2.40. The summed E-state index contributed by atoms with van der Waals surface area (Å²) in [6.45, 7) is 7.88. The Labute approximate surface area is 202 Å². The van der Waals surface area contributed by atoms with Gasteiger partial charge in [-0.25, -0.2) is 9.97 Å². The van der Waals surface area contributed by atoms with Crippen molar-refractivity contribution < 1.29 is 14.6 Å². The third-order valence-electron chi connectivity index (χ3n) is 6.46. The van der Waals surface area contributed by atoms with Crippen molar-refractivity contribution in [3.63, 3.8) is 0 Å². The van der Waals surface area contributed by atoms with Crippen molar-refractivity contribution >= 4 is 11.6 Å². The fourth-order valence-corrected chi connectivity index (χ4v) is 4.47. The molecule has 1 aromatic heterocycles. The summed E-state index contributed by atoms with van der Waals surface area (Å²) in [4.78, 5) is 15.2. The smallest absolute Gasteiger partial charge is 0.134 e. The van der Waals surface area contributed by atoms with Crippen LogP contribution in [0.1, 0.15) is 18.4 Å². The van der Waals surface area contributed by atoms with Gasteiger partial charge in [0.1, 0.15) is 30.3 Å². The second-order valence-electron chi connectivity index (χ2n) is 9.43. The van der Waals surface area contributed by atoms with Crippen molar-refractivity contribution in [3.8, 4) is 5.75 Å². The first kappa shape index (κ1) is 24.7. The number of piperidine rings is 1. The van der Waals surface area contributed by atoms with Gasteiger partial charge in [0.25, 0.3) is 0 Å². The molecule has 9 nitrogen and oxygen atoms in total. The molecule has 4 rings (SSSR count). The van der Waals surface area contributed by atoms with E-state index in [2.05, 4.69) is 37.2 Å². The van der Waals surface area contributed by atoms with Crippen LogP contribution < -0.4 is 19.9 Å². The maximum Gasteiger partial charge on any atom is 0.134 e. The molecule has 1 aromatic carbocycles. The molecule has 2 fully saturated rings. The van der Waals surface area contributed by atoms with Crippen molar-refractivity contribution in [1.29, 1.82) is 0 Å². The Bertz CT molecular complexity index is 890. The molecular formula is C25H38N6O3. The summed E-state index contributed by atoms with van der Waals surface area (Å²) >= 11 is 0. The second-order valence-corrected chi connectivity index (χ2v) is 9.43. The zero-order valence-electron chi connectivity index (χ0n) is 20.4. The first-order valence-corrected chi connectivity index (χ1v) is 12.2. The lowest BCUT2D eigenvalue weighted by Crippen LogP contribution is -2.53. The van der Waals surface area contributed by atoms with Gasteiger partial charge in [-0.15, -0.1) is 0 Å². The van der Waals surface area contributed by atoms with Crippen LogP contribution in [0.2, 0.25) is 0 Å². The molecule has 9 heteroatoms. The fraction of sp³-hybridized carbons (Fsp3) is 0.600. The zero-order valence-corrected chi connectivity index (χ0v) is 20.4. The normalized spacial score (nSPS) is 21.4. The highest BCUT2D eigenvalue weighted by atomic mass is 16.5. The fourth-order valence-electron chi connectivity index (χ4n) is 4.47. The predicted molar refractivity (Wildman–Crippen MR) is 134 cm³/mol. The van der Waals surface area contributed by atoms with Gasteiger partial charge in [0, 0.05) is 66.0 Å². The Morgan fingerprint density at radius 3 is 2.71 bits per heavy atom. The van der Waals surface area contributed by atoms with Gasteiger partial charge in [0.15, 0.2) is 0 Å². The Morgan fingerprint density at radius 2 is 1.94 bits per heavy atom. The number of hydrogen-bond donors (Lipinski definition) is 2. The van der Waals surface area contributed by atoms with Crippen molar-refractivity contribution in [2.45, 2.75) is 25.0 Å². The Morgan fingerprint density at radius 1 is 1.15 bits per heavy atom. The maximum atomic E-state index is 11.2. The average Bonchev–Trinajstić information content (AvgIpc) is 2.86. The van der Waals surface area contributed by atoms with E-state index in [1.54, 1.807) is 6.33 Å². The van der Waals surface area contributed by atoms with Gasteiger partial charge in [-0.2, -0.15) is 0 Å². The monoisotopic (exact) mass is 470 g/mol. The van der Waals surface area contributed by atoms with E-state index in [0.717, 1.165) is 69.6 Å². The van der Waals surface area contributed by atoms with Crippen LogP contribution >= 0.6 is 0 Å². The number of morpholine rings is 1. The summed E-state index contributed by atoms with van der Waals surface area (Å²) in [6, 6.07) is 10.2. The van der Waals surface area contributed by atoms with Crippen LogP contribution in [0, 0.1) is 0 Å². The van der Waals surface area contributed by atoms with Gasteiger partial charge < -0.3 is 29.7 Å². The molecule has 0 saturated carbocycles. The van der Waals surface area contributed by atoms with Crippen LogP contribution in [-0.2, 0) is 11.3 Å². The summed E-state index contributed by atoms with van der Waals surface area (Å²) in [5, 5.41) is 14.7. The summed E-state index contributed by atoms with van der Waals surface area (Å²) in [5.74, 6) is 2.62. The predicted octanol–water partition coefficient (Wildman–Crippen LogP) is 1.37. The van der Waals surface area contributed by atoms with E-state index in [9.17, 15) is 5.11 Å². The number of nitrogens with zero attached hydrogens (tertiary/aromatic N) is 5. The summed E-state index contributed by atoms with van der Waals surface area (Å²) in [7, 11) is 3.93. The highest BCUT2D eigenvalue weighted by Crippen LogP contribution is 2.26. The van der Waals surface area contributed by atoms with Crippen LogP contribution in [0.5, 0.6) is 5.75 Å². The second kappa shape index (κ2) is 11.8. The van der Waals surface area contributed by atoms with Gasteiger partial charge in [-0.05, 0) is 30.5 Å². The summed E-state index contributed by atoms with van der Waals surface area (Å²) in [5.41, 5.74) is 0.382. The van der Waals surface area contributed by atoms with Crippen molar-refractivity contribution in [2.75, 3.05) is 83.0 Å². The number of nitrogens with one attached hydrogen (secondary N) is 1. The number of ether oxygens (including phenoxy) is 2. The molecule has 2 N–H and O–H groups in total. The topological polar surface area (TPSA) is 86.2 Å². The Hall–Kier alpha value is -2.46. The molecule has 0 aliphatic carbocycles.